The third-order valence-corrected chi connectivity index (χ3v) is 2.81. The van der Waals surface area contributed by atoms with Crippen molar-refractivity contribution in [3.63, 3.8) is 0 Å². The second-order valence-corrected chi connectivity index (χ2v) is 5.07. The van der Waals surface area contributed by atoms with E-state index in [1.807, 2.05) is 13.8 Å². The summed E-state index contributed by atoms with van der Waals surface area (Å²) in [7, 11) is 0. The van der Waals surface area contributed by atoms with Gasteiger partial charge in [-0.1, -0.05) is 0 Å². The summed E-state index contributed by atoms with van der Waals surface area (Å²) in [6.45, 7) is 4.28. The third kappa shape index (κ3) is 4.70. The minimum absolute atomic E-state index is 0.108. The molecule has 0 saturated carbocycles. The molecule has 1 heterocycles. The molecule has 0 aromatic rings. The molecule has 0 spiro atoms. The molecule has 0 aromatic carbocycles. The van der Waals surface area contributed by atoms with Crippen LogP contribution in [-0.2, 0) is 14.3 Å². The highest BCUT2D eigenvalue weighted by Crippen LogP contribution is 2.20. The Balaban J connectivity index is 2.32. The van der Waals surface area contributed by atoms with Crippen molar-refractivity contribution in [2.45, 2.75) is 50.9 Å². The van der Waals surface area contributed by atoms with Gasteiger partial charge < -0.3 is 20.9 Å². The monoisotopic (exact) mass is 244 g/mol. The van der Waals surface area contributed by atoms with E-state index in [0.29, 0.717) is 13.0 Å². The zero-order valence-corrected chi connectivity index (χ0v) is 10.2. The highest BCUT2D eigenvalue weighted by Gasteiger charge is 2.31. The van der Waals surface area contributed by atoms with Crippen LogP contribution in [0.2, 0.25) is 0 Å². The van der Waals surface area contributed by atoms with E-state index in [4.69, 9.17) is 15.6 Å². The van der Waals surface area contributed by atoms with Crippen LogP contribution in [0.25, 0.3) is 0 Å². The van der Waals surface area contributed by atoms with E-state index in [1.165, 1.54) is 0 Å². The number of hydrogen-bond donors (Lipinski definition) is 3. The Morgan fingerprint density at radius 1 is 1.47 bits per heavy atom. The molecule has 1 amide bonds. The number of carboxylic acids is 1. The topological polar surface area (TPSA) is 102 Å². The number of nitrogens with one attached hydrogen (secondary N) is 1. The third-order valence-electron chi connectivity index (χ3n) is 2.81. The predicted octanol–water partition coefficient (Wildman–Crippen LogP) is -0.138. The maximum atomic E-state index is 10.8. The standard InChI is InChI=1S/C11H20N2O4/c1-11(2,5-9(12)14)13-6-7-3-4-8(17-7)10(15)16/h7-8,13H,3-6H2,1-2H3,(H2,12,14)(H,15,16). The van der Waals surface area contributed by atoms with E-state index in [-0.39, 0.29) is 18.4 Å². The van der Waals surface area contributed by atoms with Gasteiger partial charge in [0.2, 0.25) is 5.91 Å². The summed E-state index contributed by atoms with van der Waals surface area (Å²) >= 11 is 0. The Kier molecular flexibility index (Phi) is 4.47. The lowest BCUT2D eigenvalue weighted by atomic mass is 10.00. The number of carboxylic acid groups (broad SMARTS) is 1. The van der Waals surface area contributed by atoms with Gasteiger partial charge in [0.15, 0.2) is 6.10 Å². The minimum atomic E-state index is -0.913. The molecule has 1 fully saturated rings. The lowest BCUT2D eigenvalue weighted by Crippen LogP contribution is -2.46. The van der Waals surface area contributed by atoms with Crippen molar-refractivity contribution >= 4 is 11.9 Å². The molecule has 1 aliphatic rings. The van der Waals surface area contributed by atoms with Gasteiger partial charge in [-0.2, -0.15) is 0 Å². The summed E-state index contributed by atoms with van der Waals surface area (Å²) in [6.07, 6.45) is 0.695. The molecule has 0 bridgehead atoms. The van der Waals surface area contributed by atoms with Gasteiger partial charge in [-0.15, -0.1) is 0 Å². The Morgan fingerprint density at radius 3 is 2.59 bits per heavy atom. The van der Waals surface area contributed by atoms with Crippen LogP contribution in [0.3, 0.4) is 0 Å². The number of hydrogen-bond acceptors (Lipinski definition) is 4. The highest BCUT2D eigenvalue weighted by molar-refractivity contribution is 5.75. The number of carbonyl (C=O) groups excluding carboxylic acids is 1. The second-order valence-electron chi connectivity index (χ2n) is 5.07. The number of aliphatic carboxylic acids is 1. The molecule has 98 valence electrons. The maximum Gasteiger partial charge on any atom is 0.332 e. The molecule has 1 saturated heterocycles. The summed E-state index contributed by atoms with van der Waals surface area (Å²) in [6, 6.07) is 0. The molecule has 0 radical (unpaired) electrons. The molecular formula is C11H20N2O4. The fourth-order valence-corrected chi connectivity index (χ4v) is 1.93. The van der Waals surface area contributed by atoms with E-state index in [9.17, 15) is 9.59 Å². The highest BCUT2D eigenvalue weighted by atomic mass is 16.5. The average Bonchev–Trinajstić information content (AvgIpc) is 2.61. The van der Waals surface area contributed by atoms with Crippen LogP contribution in [0.5, 0.6) is 0 Å². The van der Waals surface area contributed by atoms with Crippen molar-refractivity contribution in [3.8, 4) is 0 Å². The summed E-state index contributed by atoms with van der Waals surface area (Å²) < 4.78 is 5.35. The average molecular weight is 244 g/mol. The van der Waals surface area contributed by atoms with Crippen molar-refractivity contribution in [3.05, 3.63) is 0 Å². The summed E-state index contributed by atoms with van der Waals surface area (Å²) in [5.74, 6) is -1.28. The quantitative estimate of drug-likeness (QED) is 0.603. The molecule has 1 rings (SSSR count). The van der Waals surface area contributed by atoms with Gasteiger partial charge in [-0.3, -0.25) is 4.79 Å². The van der Waals surface area contributed by atoms with Gasteiger partial charge in [0, 0.05) is 18.5 Å². The largest absolute Gasteiger partial charge is 0.479 e. The van der Waals surface area contributed by atoms with Gasteiger partial charge in [0.05, 0.1) is 6.10 Å². The van der Waals surface area contributed by atoms with Crippen LogP contribution < -0.4 is 11.1 Å². The minimum Gasteiger partial charge on any atom is -0.479 e. The van der Waals surface area contributed by atoms with Crippen LogP contribution in [0.1, 0.15) is 33.1 Å². The number of ether oxygens (including phenoxy) is 1. The molecule has 2 atom stereocenters. The second kappa shape index (κ2) is 5.46. The van der Waals surface area contributed by atoms with Crippen LogP contribution in [0.15, 0.2) is 0 Å². The Bertz CT molecular complexity index is 304. The van der Waals surface area contributed by atoms with E-state index in [0.717, 1.165) is 6.42 Å². The van der Waals surface area contributed by atoms with Gasteiger partial charge in [-0.25, -0.2) is 4.79 Å². The molecule has 1 aliphatic heterocycles. The molecule has 6 heteroatoms. The fourth-order valence-electron chi connectivity index (χ4n) is 1.93. The van der Waals surface area contributed by atoms with Crippen molar-refractivity contribution in [1.29, 1.82) is 0 Å². The number of primary amides is 1. The zero-order chi connectivity index (χ0) is 13.1. The Morgan fingerprint density at radius 2 is 2.12 bits per heavy atom. The van der Waals surface area contributed by atoms with Crippen molar-refractivity contribution in [2.24, 2.45) is 5.73 Å². The first-order valence-electron chi connectivity index (χ1n) is 5.72. The van der Waals surface area contributed by atoms with Crippen LogP contribution in [0, 0.1) is 0 Å². The molecule has 4 N–H and O–H groups in total. The van der Waals surface area contributed by atoms with E-state index in [1.54, 1.807) is 0 Å². The Hall–Kier alpha value is -1.14. The van der Waals surface area contributed by atoms with E-state index in [2.05, 4.69) is 5.32 Å². The molecule has 17 heavy (non-hydrogen) atoms. The zero-order valence-electron chi connectivity index (χ0n) is 10.2. The molecule has 6 nitrogen and oxygen atoms in total. The van der Waals surface area contributed by atoms with E-state index < -0.39 is 17.6 Å². The van der Waals surface area contributed by atoms with Gasteiger partial charge in [0.25, 0.3) is 0 Å². The van der Waals surface area contributed by atoms with Gasteiger partial charge in [-0.05, 0) is 26.7 Å². The predicted molar refractivity (Wildman–Crippen MR) is 61.4 cm³/mol. The molecule has 0 aromatic heterocycles. The number of rotatable bonds is 6. The number of nitrogens with two attached hydrogens (primary N) is 1. The first kappa shape index (κ1) is 13.9. The molecular weight excluding hydrogens is 224 g/mol. The van der Waals surface area contributed by atoms with Crippen LogP contribution in [0.4, 0.5) is 0 Å². The van der Waals surface area contributed by atoms with Crippen LogP contribution >= 0.6 is 0 Å². The van der Waals surface area contributed by atoms with Gasteiger partial charge in [0.1, 0.15) is 0 Å². The SMILES string of the molecule is CC(C)(CC(N)=O)NCC1CCC(C(=O)O)O1. The van der Waals surface area contributed by atoms with Crippen molar-refractivity contribution in [2.75, 3.05) is 6.54 Å². The summed E-state index contributed by atoms with van der Waals surface area (Å²) in [5.41, 5.74) is 4.74. The fraction of sp³-hybridized carbons (Fsp3) is 0.818. The number of amides is 1. The molecule has 0 aliphatic carbocycles. The summed E-state index contributed by atoms with van der Waals surface area (Å²) in [4.78, 5) is 21.5. The lowest BCUT2D eigenvalue weighted by molar-refractivity contribution is -0.149. The summed E-state index contributed by atoms with van der Waals surface area (Å²) in [5, 5.41) is 11.9. The first-order chi connectivity index (χ1) is 7.80. The molecule has 2 unspecified atom stereocenters. The van der Waals surface area contributed by atoms with E-state index >= 15 is 0 Å². The Labute approximate surface area is 101 Å². The number of carbonyl (C=O) groups is 2. The van der Waals surface area contributed by atoms with Gasteiger partial charge >= 0.3 is 5.97 Å². The maximum absolute atomic E-state index is 10.8. The lowest BCUT2D eigenvalue weighted by Gasteiger charge is -2.26. The first-order valence-corrected chi connectivity index (χ1v) is 5.72. The smallest absolute Gasteiger partial charge is 0.332 e. The van der Waals surface area contributed by atoms with Crippen molar-refractivity contribution in [1.82, 2.24) is 5.32 Å². The normalized spacial score (nSPS) is 24.8. The van der Waals surface area contributed by atoms with Crippen molar-refractivity contribution < 1.29 is 19.4 Å². The van der Waals surface area contributed by atoms with Crippen LogP contribution in [-0.4, -0.2) is 41.3 Å².